The molecule has 0 bridgehead atoms. The number of ether oxygens (including phenoxy) is 1. The van der Waals surface area contributed by atoms with Gasteiger partial charge in [-0.05, 0) is 38.0 Å². The first-order valence-corrected chi connectivity index (χ1v) is 13.1. The second-order valence-corrected chi connectivity index (χ2v) is 11.2. The summed E-state index contributed by atoms with van der Waals surface area (Å²) >= 11 is 0. The molecule has 2 aliphatic rings. The van der Waals surface area contributed by atoms with Gasteiger partial charge < -0.3 is 24.3 Å². The number of carbonyl (C=O) groups excluding carboxylic acids is 1. The van der Waals surface area contributed by atoms with Crippen molar-refractivity contribution < 1.29 is 27.8 Å². The third-order valence-corrected chi connectivity index (χ3v) is 8.41. The Labute approximate surface area is 230 Å². The Morgan fingerprint density at radius 1 is 1.17 bits per heavy atom. The summed E-state index contributed by atoms with van der Waals surface area (Å²) in [5.74, 6) is -1.44. The van der Waals surface area contributed by atoms with Crippen LogP contribution in [0.25, 0.3) is 22.2 Å². The molecule has 2 fully saturated rings. The SMILES string of the molecule is Cn1c(=O)c2c(ncn2[C@@H]2COC3(CCN(C(=O)c4ccc5nc(C(F)(F)F)[nH]c5c4)CC3)C[C@@]2(C)O)n(C)c1=O. The van der Waals surface area contributed by atoms with Crippen molar-refractivity contribution in [2.75, 3.05) is 19.7 Å². The number of aromatic nitrogens is 6. The number of halogens is 3. The third-order valence-electron chi connectivity index (χ3n) is 8.41. The number of alkyl halides is 3. The molecule has 2 aliphatic heterocycles. The number of aliphatic hydroxyl groups is 1. The predicted octanol–water partition coefficient (Wildman–Crippen LogP) is 1.72. The number of aryl methyl sites for hydroxylation is 1. The summed E-state index contributed by atoms with van der Waals surface area (Å²) in [4.78, 5) is 50.1. The summed E-state index contributed by atoms with van der Waals surface area (Å²) in [6.07, 6.45) is -2.08. The van der Waals surface area contributed by atoms with E-state index < -0.39 is 40.5 Å². The van der Waals surface area contributed by atoms with Crippen LogP contribution in [0.1, 0.15) is 48.4 Å². The molecule has 0 radical (unpaired) electrons. The first-order valence-electron chi connectivity index (χ1n) is 13.1. The van der Waals surface area contributed by atoms with Gasteiger partial charge in [0, 0.05) is 39.2 Å². The second-order valence-electron chi connectivity index (χ2n) is 11.2. The van der Waals surface area contributed by atoms with Crippen molar-refractivity contribution in [2.24, 2.45) is 14.1 Å². The van der Waals surface area contributed by atoms with Crippen LogP contribution in [0.2, 0.25) is 0 Å². The van der Waals surface area contributed by atoms with Crippen molar-refractivity contribution in [1.29, 1.82) is 0 Å². The lowest BCUT2D eigenvalue weighted by Gasteiger charge is -2.51. The molecule has 0 saturated carbocycles. The summed E-state index contributed by atoms with van der Waals surface area (Å²) in [6, 6.07) is 3.56. The van der Waals surface area contributed by atoms with Crippen molar-refractivity contribution in [1.82, 2.24) is 33.6 Å². The summed E-state index contributed by atoms with van der Waals surface area (Å²) in [5, 5.41) is 11.6. The number of nitrogens with zero attached hydrogens (tertiary/aromatic N) is 6. The minimum absolute atomic E-state index is 0.0798. The van der Waals surface area contributed by atoms with Crippen LogP contribution in [0, 0.1) is 0 Å². The topological polar surface area (TPSA) is 140 Å². The number of piperidine rings is 1. The summed E-state index contributed by atoms with van der Waals surface area (Å²) < 4.78 is 49.2. The standard InChI is InChI=1S/C26H28F3N7O5/c1-24(40)12-25(41-11-17(24)36-13-30-19-18(36)21(38)34(3)23(39)33(19)2)6-8-35(9-7-25)20(37)14-4-5-15-16(10-14)32-22(31-15)26(27,28)29/h4-5,10,13,17,40H,6-9,11-12H2,1-3H3,(H,31,32)/t17-,24-/m1/s1. The summed E-state index contributed by atoms with van der Waals surface area (Å²) in [6.45, 7) is 2.40. The molecular weight excluding hydrogens is 547 g/mol. The number of aromatic amines is 1. The zero-order chi connectivity index (χ0) is 29.5. The van der Waals surface area contributed by atoms with E-state index in [-0.39, 0.29) is 46.7 Å². The van der Waals surface area contributed by atoms with E-state index in [1.807, 2.05) is 0 Å². The molecule has 15 heteroatoms. The number of benzene rings is 1. The van der Waals surface area contributed by atoms with Crippen LogP contribution in [-0.2, 0) is 25.0 Å². The molecule has 1 aromatic carbocycles. The number of H-pyrrole nitrogens is 1. The number of hydrogen-bond donors (Lipinski definition) is 2. The average molecular weight is 576 g/mol. The number of imidazole rings is 2. The molecule has 1 spiro atoms. The first kappa shape index (κ1) is 27.2. The van der Waals surface area contributed by atoms with E-state index >= 15 is 0 Å². The van der Waals surface area contributed by atoms with Crippen LogP contribution in [-0.4, -0.2) is 75.5 Å². The largest absolute Gasteiger partial charge is 0.449 e. The number of amides is 1. The van der Waals surface area contributed by atoms with Gasteiger partial charge in [-0.15, -0.1) is 0 Å². The van der Waals surface area contributed by atoms with Crippen molar-refractivity contribution in [3.63, 3.8) is 0 Å². The van der Waals surface area contributed by atoms with Crippen LogP contribution in [0.4, 0.5) is 13.2 Å². The van der Waals surface area contributed by atoms with Crippen molar-refractivity contribution in [2.45, 2.75) is 49.6 Å². The maximum absolute atomic E-state index is 13.2. The summed E-state index contributed by atoms with van der Waals surface area (Å²) in [5.41, 5.74) is -2.16. The maximum atomic E-state index is 13.2. The van der Waals surface area contributed by atoms with E-state index in [2.05, 4.69) is 15.0 Å². The van der Waals surface area contributed by atoms with E-state index in [1.165, 1.54) is 43.2 Å². The Kier molecular flexibility index (Phi) is 5.98. The van der Waals surface area contributed by atoms with Crippen LogP contribution in [0.5, 0.6) is 0 Å². The zero-order valence-corrected chi connectivity index (χ0v) is 22.5. The van der Waals surface area contributed by atoms with Crippen LogP contribution in [0.3, 0.4) is 0 Å². The van der Waals surface area contributed by atoms with E-state index in [0.717, 1.165) is 4.57 Å². The quantitative estimate of drug-likeness (QED) is 0.371. The van der Waals surface area contributed by atoms with Gasteiger partial charge in [0.2, 0.25) is 5.82 Å². The second kappa shape index (κ2) is 9.01. The minimum Gasteiger partial charge on any atom is -0.388 e. The lowest BCUT2D eigenvalue weighted by Crippen LogP contribution is -2.58. The van der Waals surface area contributed by atoms with Gasteiger partial charge in [0.15, 0.2) is 11.2 Å². The van der Waals surface area contributed by atoms with Gasteiger partial charge in [0.1, 0.15) is 0 Å². The molecule has 0 aliphatic carbocycles. The van der Waals surface area contributed by atoms with E-state index in [1.54, 1.807) is 16.4 Å². The maximum Gasteiger partial charge on any atom is 0.449 e. The minimum atomic E-state index is -4.62. The molecule has 218 valence electrons. The number of nitrogens with one attached hydrogen (secondary N) is 1. The fourth-order valence-electron chi connectivity index (χ4n) is 6.13. The normalized spacial score (nSPS) is 23.1. The smallest absolute Gasteiger partial charge is 0.388 e. The monoisotopic (exact) mass is 575 g/mol. The molecule has 0 unspecified atom stereocenters. The zero-order valence-electron chi connectivity index (χ0n) is 22.5. The fraction of sp³-hybridized carbons (Fsp3) is 0.500. The molecule has 41 heavy (non-hydrogen) atoms. The lowest BCUT2D eigenvalue weighted by atomic mass is 9.75. The highest BCUT2D eigenvalue weighted by atomic mass is 19.4. The van der Waals surface area contributed by atoms with Crippen molar-refractivity contribution >= 4 is 28.1 Å². The highest BCUT2D eigenvalue weighted by Crippen LogP contribution is 2.44. The van der Waals surface area contributed by atoms with Crippen LogP contribution in [0.15, 0.2) is 34.1 Å². The van der Waals surface area contributed by atoms with Gasteiger partial charge in [-0.25, -0.2) is 14.8 Å². The van der Waals surface area contributed by atoms with Gasteiger partial charge in [-0.3, -0.25) is 18.7 Å². The Morgan fingerprint density at radius 3 is 2.54 bits per heavy atom. The molecular formula is C26H28F3N7O5. The molecule has 12 nitrogen and oxygen atoms in total. The van der Waals surface area contributed by atoms with E-state index in [4.69, 9.17) is 4.74 Å². The van der Waals surface area contributed by atoms with Gasteiger partial charge in [0.05, 0.1) is 41.2 Å². The van der Waals surface area contributed by atoms with Crippen molar-refractivity contribution in [3.8, 4) is 0 Å². The van der Waals surface area contributed by atoms with Gasteiger partial charge >= 0.3 is 11.9 Å². The molecule has 5 heterocycles. The van der Waals surface area contributed by atoms with E-state index in [0.29, 0.717) is 25.9 Å². The van der Waals surface area contributed by atoms with Gasteiger partial charge in [-0.1, -0.05) is 0 Å². The molecule has 3 aromatic heterocycles. The van der Waals surface area contributed by atoms with Crippen LogP contribution >= 0.6 is 0 Å². The third kappa shape index (κ3) is 4.34. The van der Waals surface area contributed by atoms with Gasteiger partial charge in [0.25, 0.3) is 11.5 Å². The Bertz CT molecular complexity index is 1810. The van der Waals surface area contributed by atoms with Crippen LogP contribution < -0.4 is 11.2 Å². The Balaban J connectivity index is 1.18. The molecule has 2 atom stereocenters. The predicted molar refractivity (Wildman–Crippen MR) is 139 cm³/mol. The molecule has 6 rings (SSSR count). The molecule has 2 saturated heterocycles. The Morgan fingerprint density at radius 2 is 1.88 bits per heavy atom. The van der Waals surface area contributed by atoms with E-state index in [9.17, 15) is 32.7 Å². The molecule has 4 aromatic rings. The number of rotatable bonds is 2. The number of likely N-dealkylation sites (tertiary alicyclic amines) is 1. The molecule has 2 N–H and O–H groups in total. The average Bonchev–Trinajstić information content (AvgIpc) is 3.55. The Hall–Kier alpha value is -3.98. The molecule has 1 amide bonds. The number of hydrogen-bond acceptors (Lipinski definition) is 7. The lowest BCUT2D eigenvalue weighted by molar-refractivity contribution is -0.194. The summed E-state index contributed by atoms with van der Waals surface area (Å²) in [7, 11) is 2.90. The van der Waals surface area contributed by atoms with Gasteiger partial charge in [-0.2, -0.15) is 13.2 Å². The number of fused-ring (bicyclic) bond motifs is 2. The number of carbonyl (C=O) groups is 1. The van der Waals surface area contributed by atoms with Crippen molar-refractivity contribution in [3.05, 3.63) is 56.8 Å². The first-order chi connectivity index (χ1) is 19.2. The highest BCUT2D eigenvalue weighted by molar-refractivity contribution is 5.97. The highest BCUT2D eigenvalue weighted by Gasteiger charge is 2.50. The fourth-order valence-corrected chi connectivity index (χ4v) is 6.13.